The van der Waals surface area contributed by atoms with E-state index in [4.69, 9.17) is 16.3 Å². The Morgan fingerprint density at radius 2 is 2.12 bits per heavy atom. The monoisotopic (exact) mass is 358 g/mol. The van der Waals surface area contributed by atoms with Crippen LogP contribution in [0.5, 0.6) is 5.75 Å². The van der Waals surface area contributed by atoms with Crippen LogP contribution in [0.1, 0.15) is 24.6 Å². The Hall–Kier alpha value is -1.99. The maximum absolute atomic E-state index is 12.3. The van der Waals surface area contributed by atoms with Crippen molar-refractivity contribution in [3.63, 3.8) is 0 Å². The molecular formula is C16H17ClF2N2O3. The second-order valence-corrected chi connectivity index (χ2v) is 5.85. The predicted molar refractivity (Wildman–Crippen MR) is 86.8 cm³/mol. The lowest BCUT2D eigenvalue weighted by atomic mass is 10.1. The van der Waals surface area contributed by atoms with Gasteiger partial charge in [0.25, 0.3) is 5.91 Å². The number of rotatable bonds is 4. The molecule has 1 aliphatic heterocycles. The zero-order valence-electron chi connectivity index (χ0n) is 12.6. The molecule has 2 heterocycles. The van der Waals surface area contributed by atoms with E-state index in [1.165, 1.54) is 18.3 Å². The lowest BCUT2D eigenvalue weighted by Gasteiger charge is -2.23. The van der Waals surface area contributed by atoms with Gasteiger partial charge in [-0.2, -0.15) is 8.78 Å². The zero-order chi connectivity index (χ0) is 17.1. The van der Waals surface area contributed by atoms with E-state index in [0.717, 1.165) is 12.8 Å². The SMILES string of the molecule is O=C(NC1CCOCC1)c1cnc2cc(OC(F)F)c(Cl)cc2c1.[HH]. The van der Waals surface area contributed by atoms with Gasteiger partial charge in [-0.1, -0.05) is 11.6 Å². The van der Waals surface area contributed by atoms with Crippen molar-refractivity contribution in [2.75, 3.05) is 13.2 Å². The third-order valence-corrected chi connectivity index (χ3v) is 4.07. The highest BCUT2D eigenvalue weighted by atomic mass is 35.5. The number of ether oxygens (including phenoxy) is 2. The van der Waals surface area contributed by atoms with Gasteiger partial charge in [0, 0.05) is 38.3 Å². The number of pyridine rings is 1. The fourth-order valence-corrected chi connectivity index (χ4v) is 2.77. The molecule has 0 bridgehead atoms. The number of carbonyl (C=O) groups is 1. The Bertz CT molecular complexity index is 757. The van der Waals surface area contributed by atoms with Crippen LogP contribution in [0.3, 0.4) is 0 Å². The van der Waals surface area contributed by atoms with E-state index in [0.29, 0.717) is 29.7 Å². The molecule has 24 heavy (non-hydrogen) atoms. The van der Waals surface area contributed by atoms with Crippen LogP contribution < -0.4 is 10.1 Å². The summed E-state index contributed by atoms with van der Waals surface area (Å²) in [6.45, 7) is -1.71. The maximum Gasteiger partial charge on any atom is 0.387 e. The molecular weight excluding hydrogens is 342 g/mol. The molecule has 1 N–H and O–H groups in total. The standard InChI is InChI=1S/C16H15ClF2N2O3.H2/c17-12-6-9-5-10(15(22)21-11-1-3-23-4-2-11)8-20-13(9)7-14(12)24-16(18)19;/h5-8,11,16H,1-4H2,(H,21,22);1H. The number of hydrogen-bond donors (Lipinski definition) is 1. The molecule has 0 saturated carbocycles. The minimum Gasteiger partial charge on any atom is -0.433 e. The molecule has 2 aromatic rings. The average molecular weight is 359 g/mol. The molecule has 1 amide bonds. The number of amides is 1. The first kappa shape index (κ1) is 16.9. The second-order valence-electron chi connectivity index (χ2n) is 5.44. The molecule has 1 aromatic carbocycles. The smallest absolute Gasteiger partial charge is 0.387 e. The fourth-order valence-electron chi connectivity index (χ4n) is 2.55. The number of aromatic nitrogens is 1. The first-order chi connectivity index (χ1) is 11.5. The number of nitrogens with zero attached hydrogens (tertiary/aromatic N) is 1. The summed E-state index contributed by atoms with van der Waals surface area (Å²) >= 11 is 5.93. The van der Waals surface area contributed by atoms with Gasteiger partial charge in [-0.25, -0.2) is 0 Å². The van der Waals surface area contributed by atoms with E-state index in [1.807, 2.05) is 0 Å². The van der Waals surface area contributed by atoms with Crippen LogP contribution in [-0.2, 0) is 4.74 Å². The van der Waals surface area contributed by atoms with E-state index >= 15 is 0 Å². The van der Waals surface area contributed by atoms with Crippen LogP contribution in [0, 0.1) is 0 Å². The van der Waals surface area contributed by atoms with Crippen molar-refractivity contribution in [2.24, 2.45) is 0 Å². The number of halogens is 3. The number of fused-ring (bicyclic) bond motifs is 1. The molecule has 1 saturated heterocycles. The topological polar surface area (TPSA) is 60.5 Å². The van der Waals surface area contributed by atoms with E-state index < -0.39 is 6.61 Å². The van der Waals surface area contributed by atoms with Gasteiger partial charge in [0.2, 0.25) is 0 Å². The molecule has 5 nitrogen and oxygen atoms in total. The first-order valence-corrected chi connectivity index (χ1v) is 7.83. The van der Waals surface area contributed by atoms with Gasteiger partial charge in [0.1, 0.15) is 5.75 Å². The summed E-state index contributed by atoms with van der Waals surface area (Å²) in [4.78, 5) is 16.4. The van der Waals surface area contributed by atoms with E-state index in [2.05, 4.69) is 15.0 Å². The molecule has 0 aliphatic carbocycles. The molecule has 3 rings (SSSR count). The van der Waals surface area contributed by atoms with Crippen molar-refractivity contribution in [1.29, 1.82) is 0 Å². The van der Waals surface area contributed by atoms with Gasteiger partial charge in [0.15, 0.2) is 0 Å². The van der Waals surface area contributed by atoms with E-state index in [9.17, 15) is 13.6 Å². The lowest BCUT2D eigenvalue weighted by Crippen LogP contribution is -2.38. The van der Waals surface area contributed by atoms with Crippen LogP contribution in [0.4, 0.5) is 8.78 Å². The summed E-state index contributed by atoms with van der Waals surface area (Å²) < 4.78 is 34.2. The third kappa shape index (κ3) is 3.91. The largest absolute Gasteiger partial charge is 0.433 e. The summed E-state index contributed by atoms with van der Waals surface area (Å²) in [6, 6.07) is 4.47. The Kier molecular flexibility index (Phi) is 5.11. The minimum absolute atomic E-state index is 0. The third-order valence-electron chi connectivity index (χ3n) is 3.77. The maximum atomic E-state index is 12.3. The van der Waals surface area contributed by atoms with Crippen LogP contribution in [0.15, 0.2) is 24.4 Å². The molecule has 8 heteroatoms. The number of carbonyl (C=O) groups excluding carboxylic acids is 1. The van der Waals surface area contributed by atoms with Gasteiger partial charge < -0.3 is 14.8 Å². The Morgan fingerprint density at radius 1 is 1.38 bits per heavy atom. The molecule has 1 aromatic heterocycles. The van der Waals surface area contributed by atoms with Crippen molar-refractivity contribution in [3.8, 4) is 5.75 Å². The quantitative estimate of drug-likeness (QED) is 0.906. The van der Waals surface area contributed by atoms with Gasteiger partial charge in [-0.15, -0.1) is 0 Å². The molecule has 0 unspecified atom stereocenters. The van der Waals surface area contributed by atoms with Crippen LogP contribution in [0.2, 0.25) is 5.02 Å². The number of nitrogens with one attached hydrogen (secondary N) is 1. The number of hydrogen-bond acceptors (Lipinski definition) is 4. The second kappa shape index (κ2) is 7.27. The number of benzene rings is 1. The Labute approximate surface area is 143 Å². The number of alkyl halides is 2. The van der Waals surface area contributed by atoms with E-state index in [-0.39, 0.29) is 24.1 Å². The van der Waals surface area contributed by atoms with E-state index in [1.54, 1.807) is 6.07 Å². The van der Waals surface area contributed by atoms with Crippen molar-refractivity contribution >= 4 is 28.4 Å². The first-order valence-electron chi connectivity index (χ1n) is 7.45. The molecule has 0 radical (unpaired) electrons. The molecule has 0 spiro atoms. The average Bonchev–Trinajstić information content (AvgIpc) is 2.55. The highest BCUT2D eigenvalue weighted by Gasteiger charge is 2.18. The highest BCUT2D eigenvalue weighted by molar-refractivity contribution is 6.32. The van der Waals surface area contributed by atoms with Gasteiger partial charge >= 0.3 is 6.61 Å². The van der Waals surface area contributed by atoms with Crippen molar-refractivity contribution in [1.82, 2.24) is 10.3 Å². The predicted octanol–water partition coefficient (Wildman–Crippen LogP) is 3.64. The van der Waals surface area contributed by atoms with Gasteiger partial charge in [-0.05, 0) is 25.0 Å². The van der Waals surface area contributed by atoms with Crippen LogP contribution in [0.25, 0.3) is 10.9 Å². The molecule has 1 fully saturated rings. The Balaban J connectivity index is 0.00000225. The van der Waals surface area contributed by atoms with Crippen molar-refractivity contribution in [3.05, 3.63) is 35.0 Å². The van der Waals surface area contributed by atoms with Crippen molar-refractivity contribution in [2.45, 2.75) is 25.5 Å². The summed E-state index contributed by atoms with van der Waals surface area (Å²) in [5, 5.41) is 3.54. The van der Waals surface area contributed by atoms with Crippen molar-refractivity contribution < 1.29 is 24.5 Å². The Morgan fingerprint density at radius 3 is 2.83 bits per heavy atom. The fraction of sp³-hybridized carbons (Fsp3) is 0.375. The molecule has 1 aliphatic rings. The minimum atomic E-state index is -2.97. The van der Waals surface area contributed by atoms with Gasteiger partial charge in [0.05, 0.1) is 16.1 Å². The summed E-state index contributed by atoms with van der Waals surface area (Å²) in [5.74, 6) is -0.383. The summed E-state index contributed by atoms with van der Waals surface area (Å²) in [5.41, 5.74) is 0.797. The summed E-state index contributed by atoms with van der Waals surface area (Å²) in [7, 11) is 0. The highest BCUT2D eigenvalue weighted by Crippen LogP contribution is 2.30. The lowest BCUT2D eigenvalue weighted by molar-refractivity contribution is -0.0497. The van der Waals surface area contributed by atoms with Crippen LogP contribution >= 0.6 is 11.6 Å². The normalized spacial score (nSPS) is 15.7. The van der Waals surface area contributed by atoms with Gasteiger partial charge in [-0.3, -0.25) is 9.78 Å². The summed E-state index contributed by atoms with van der Waals surface area (Å²) in [6.07, 6.45) is 2.94. The molecule has 0 atom stereocenters. The molecule has 130 valence electrons. The zero-order valence-corrected chi connectivity index (χ0v) is 13.4. The van der Waals surface area contributed by atoms with Crippen LogP contribution in [-0.4, -0.2) is 36.8 Å².